The summed E-state index contributed by atoms with van der Waals surface area (Å²) >= 11 is 0. The van der Waals surface area contributed by atoms with Crippen molar-refractivity contribution in [3.63, 3.8) is 0 Å². The van der Waals surface area contributed by atoms with Crippen LogP contribution in [0.15, 0.2) is 0 Å². The maximum absolute atomic E-state index is 11.6. The van der Waals surface area contributed by atoms with E-state index in [2.05, 4.69) is 0 Å². The van der Waals surface area contributed by atoms with Gasteiger partial charge < -0.3 is 0 Å². The summed E-state index contributed by atoms with van der Waals surface area (Å²) in [6.45, 7) is 0.300. The Morgan fingerprint density at radius 3 is 0.767 bits per heavy atom. The second kappa shape index (κ2) is 10.4. The normalized spacial score (nSPS) is 14.4. The molecule has 0 aromatic carbocycles. The van der Waals surface area contributed by atoms with E-state index in [0.29, 0.717) is 0 Å². The molecule has 0 bridgehead atoms. The predicted molar refractivity (Wildman–Crippen MR) is 64.3 cm³/mol. The number of alkyl halides is 18. The van der Waals surface area contributed by atoms with Gasteiger partial charge in [0.1, 0.15) is 0 Å². The van der Waals surface area contributed by atoms with Gasteiger partial charge in [0, 0.05) is 13.3 Å². The molecule has 0 atom stereocenters. The molecule has 0 aromatic rings. The van der Waals surface area contributed by atoms with Gasteiger partial charge in [0.2, 0.25) is 0 Å². The van der Waals surface area contributed by atoms with E-state index in [0.717, 1.165) is 6.92 Å². The van der Waals surface area contributed by atoms with Crippen LogP contribution in [0.2, 0.25) is 0 Å². The summed E-state index contributed by atoms with van der Waals surface area (Å²) in [4.78, 5) is 0. The van der Waals surface area contributed by atoms with E-state index in [4.69, 9.17) is 0 Å². The zero-order valence-corrected chi connectivity index (χ0v) is 14.4. The van der Waals surface area contributed by atoms with E-state index in [-0.39, 0.29) is 0 Å². The maximum Gasteiger partial charge on any atom is 0.459 e. The van der Waals surface area contributed by atoms with Gasteiger partial charge in [0.25, 0.3) is 0 Å². The molecule has 0 saturated heterocycles. The van der Waals surface area contributed by atoms with Crippen molar-refractivity contribution in [3.05, 3.63) is 0 Å². The molecule has 0 aliphatic carbocycles. The van der Waals surface area contributed by atoms with Crippen molar-refractivity contribution >= 4 is 0 Å². The van der Waals surface area contributed by atoms with Gasteiger partial charge in [0.05, 0.1) is 12.8 Å². The standard InChI is InChI=1S/C4H3F7.C4H4F6.C4H5F5/c1-2(5,6)3(7,8)4(9,10)11;5-3(6,7)1-2-4(8,9)10;1-2-3(5,6)4(7,8)9/h1H3;1-2H2;2H2,1H3. The van der Waals surface area contributed by atoms with Gasteiger partial charge >= 0.3 is 42.5 Å². The summed E-state index contributed by atoms with van der Waals surface area (Å²) in [6.07, 6.45) is -25.8. The molecule has 18 heteroatoms. The Bertz CT molecular complexity index is 438. The van der Waals surface area contributed by atoms with Crippen molar-refractivity contribution < 1.29 is 79.0 Å². The molecule has 186 valence electrons. The van der Waals surface area contributed by atoms with Crippen LogP contribution in [0.1, 0.15) is 33.1 Å². The Labute approximate surface area is 156 Å². The van der Waals surface area contributed by atoms with Crippen LogP contribution in [-0.4, -0.2) is 42.5 Å². The summed E-state index contributed by atoms with van der Waals surface area (Å²) in [6, 6.07) is 0. The second-order valence-corrected chi connectivity index (χ2v) is 5.25. The lowest BCUT2D eigenvalue weighted by Gasteiger charge is -2.24. The first kappa shape index (κ1) is 33.4. The Morgan fingerprint density at radius 1 is 0.467 bits per heavy atom. The number of rotatable bonds is 3. The first-order valence-electron chi connectivity index (χ1n) is 6.92. The van der Waals surface area contributed by atoms with Gasteiger partial charge in [-0.3, -0.25) is 0 Å². The van der Waals surface area contributed by atoms with Crippen molar-refractivity contribution in [3.8, 4) is 0 Å². The van der Waals surface area contributed by atoms with E-state index >= 15 is 0 Å². The highest BCUT2D eigenvalue weighted by Gasteiger charge is 2.70. The van der Waals surface area contributed by atoms with E-state index in [1.54, 1.807) is 0 Å². The minimum absolute atomic E-state index is 0.486. The van der Waals surface area contributed by atoms with Gasteiger partial charge in [-0.2, -0.15) is 79.0 Å². The molecular formula is C12H12F18. The van der Waals surface area contributed by atoms with Gasteiger partial charge in [-0.05, 0) is 0 Å². The Kier molecular flexibility index (Phi) is 11.5. The third kappa shape index (κ3) is 13.9. The lowest BCUT2D eigenvalue weighted by Crippen LogP contribution is -2.50. The molecule has 0 aliphatic rings. The van der Waals surface area contributed by atoms with Crippen molar-refractivity contribution in [1.29, 1.82) is 0 Å². The Hall–Kier alpha value is -1.26. The largest absolute Gasteiger partial charge is 0.459 e. The van der Waals surface area contributed by atoms with Crippen molar-refractivity contribution in [1.82, 2.24) is 0 Å². The number of halogens is 18. The molecule has 0 fully saturated rings. The topological polar surface area (TPSA) is 0 Å². The average molecular weight is 498 g/mol. The Morgan fingerprint density at radius 2 is 0.733 bits per heavy atom. The van der Waals surface area contributed by atoms with Crippen molar-refractivity contribution in [2.24, 2.45) is 0 Å². The lowest BCUT2D eigenvalue weighted by molar-refractivity contribution is -0.349. The zero-order valence-electron chi connectivity index (χ0n) is 14.4. The number of hydrogen-bond acceptors (Lipinski definition) is 0. The molecule has 0 rings (SSSR count). The van der Waals surface area contributed by atoms with Gasteiger partial charge in [0.15, 0.2) is 0 Å². The molecule has 0 heterocycles. The second-order valence-electron chi connectivity index (χ2n) is 5.25. The highest BCUT2D eigenvalue weighted by Crippen LogP contribution is 2.45. The first-order chi connectivity index (χ1) is 12.5. The monoisotopic (exact) mass is 498 g/mol. The molecule has 30 heavy (non-hydrogen) atoms. The molecule has 0 spiro atoms. The smallest absolute Gasteiger partial charge is 0.200 e. The molecule has 0 saturated carbocycles. The minimum atomic E-state index is -6.20. The van der Waals surface area contributed by atoms with Gasteiger partial charge in [-0.1, -0.05) is 6.92 Å². The highest BCUT2D eigenvalue weighted by atomic mass is 19.4. The van der Waals surface area contributed by atoms with Gasteiger partial charge in [-0.15, -0.1) is 0 Å². The molecule has 0 N–H and O–H groups in total. The quantitative estimate of drug-likeness (QED) is 0.344. The van der Waals surface area contributed by atoms with E-state index < -0.39 is 68.7 Å². The summed E-state index contributed by atoms with van der Waals surface area (Å²) in [5.74, 6) is -15.6. The summed E-state index contributed by atoms with van der Waals surface area (Å²) in [7, 11) is 0. The molecule has 0 unspecified atom stereocenters. The fourth-order valence-corrected chi connectivity index (χ4v) is 0.733. The summed E-state index contributed by atoms with van der Waals surface area (Å²) < 4.78 is 202. The van der Waals surface area contributed by atoms with Crippen LogP contribution in [0, 0.1) is 0 Å². The van der Waals surface area contributed by atoms with Crippen molar-refractivity contribution in [2.75, 3.05) is 0 Å². The van der Waals surface area contributed by atoms with Crippen LogP contribution in [0.25, 0.3) is 0 Å². The fraction of sp³-hybridized carbons (Fsp3) is 1.00. The minimum Gasteiger partial charge on any atom is -0.200 e. The van der Waals surface area contributed by atoms with Crippen LogP contribution in [0.4, 0.5) is 79.0 Å². The number of hydrogen-bond donors (Lipinski definition) is 0. The molecule has 0 aliphatic heterocycles. The third-order valence-corrected chi connectivity index (χ3v) is 2.46. The zero-order chi connectivity index (χ0) is 25.6. The van der Waals surface area contributed by atoms with E-state index in [1.807, 2.05) is 0 Å². The maximum atomic E-state index is 11.6. The third-order valence-electron chi connectivity index (χ3n) is 2.46. The van der Waals surface area contributed by atoms with E-state index in [1.165, 1.54) is 0 Å². The molecular weight excluding hydrogens is 486 g/mol. The summed E-state index contributed by atoms with van der Waals surface area (Å²) in [5, 5.41) is 0. The fourth-order valence-electron chi connectivity index (χ4n) is 0.733. The first-order valence-corrected chi connectivity index (χ1v) is 6.92. The SMILES string of the molecule is CC(F)(F)C(F)(F)C(F)(F)F.CCC(F)(F)C(F)(F)F.FC(F)(F)CCC(F)(F)F. The van der Waals surface area contributed by atoms with Crippen LogP contribution in [0.3, 0.4) is 0 Å². The van der Waals surface area contributed by atoms with Crippen LogP contribution >= 0.6 is 0 Å². The van der Waals surface area contributed by atoms with Crippen molar-refractivity contribution in [2.45, 2.75) is 75.6 Å². The summed E-state index contributed by atoms with van der Waals surface area (Å²) in [5.41, 5.74) is 0. The van der Waals surface area contributed by atoms with Crippen LogP contribution in [-0.2, 0) is 0 Å². The van der Waals surface area contributed by atoms with Crippen LogP contribution < -0.4 is 0 Å². The molecule has 0 radical (unpaired) electrons. The molecule has 0 aromatic heterocycles. The molecule has 0 nitrogen and oxygen atoms in total. The predicted octanol–water partition coefficient (Wildman–Crippen LogP) is 8.32. The lowest BCUT2D eigenvalue weighted by atomic mass is 10.2. The van der Waals surface area contributed by atoms with Crippen LogP contribution in [0.5, 0.6) is 0 Å². The van der Waals surface area contributed by atoms with E-state index in [9.17, 15) is 79.0 Å². The Balaban J connectivity index is -0.000000366. The average Bonchev–Trinajstić information content (AvgIpc) is 2.41. The van der Waals surface area contributed by atoms with Gasteiger partial charge in [-0.25, -0.2) is 0 Å². The molecule has 0 amide bonds. The highest BCUT2D eigenvalue weighted by molar-refractivity contribution is 4.87.